The van der Waals surface area contributed by atoms with Crippen molar-refractivity contribution in [1.82, 2.24) is 0 Å². The quantitative estimate of drug-likeness (QED) is 0.330. The lowest BCUT2D eigenvalue weighted by atomic mass is 9.99. The van der Waals surface area contributed by atoms with Crippen LogP contribution in [0.5, 0.6) is 23.0 Å². The van der Waals surface area contributed by atoms with Gasteiger partial charge < -0.3 is 19.3 Å². The van der Waals surface area contributed by atoms with Crippen molar-refractivity contribution >= 4 is 36.1 Å². The summed E-state index contributed by atoms with van der Waals surface area (Å²) < 4.78 is 16.3. The molecule has 0 saturated carbocycles. The molecule has 0 spiro atoms. The largest absolute Gasteiger partial charge is 0.506 e. The van der Waals surface area contributed by atoms with Crippen LogP contribution in [0.25, 0.3) is 12.2 Å². The third kappa shape index (κ3) is 5.27. The number of nitro groups is 2. The normalized spacial score (nSPS) is 15.5. The van der Waals surface area contributed by atoms with E-state index >= 15 is 0 Å². The molecule has 0 unspecified atom stereocenters. The molecule has 2 aromatic carbocycles. The molecule has 0 aliphatic carbocycles. The summed E-state index contributed by atoms with van der Waals surface area (Å²) in [4.78, 5) is 42.4. The predicted octanol–water partition coefficient (Wildman–Crippen LogP) is 4.90. The smallest absolute Gasteiger partial charge is 0.287 e. The van der Waals surface area contributed by atoms with E-state index in [0.29, 0.717) is 17.6 Å². The summed E-state index contributed by atoms with van der Waals surface area (Å²) in [5.74, 6) is 0.255. The van der Waals surface area contributed by atoms with Crippen LogP contribution < -0.4 is 14.2 Å². The standard InChI is InChI=1S/C13H13NO5.C12H11NO5/c1-13(2)5-4-8-11(19-13)6-10(14(16)17)9(7-15)12(8)18-3;1-12(2)4-3-7-10(18-12)5-9(13(16)17)8(6-14)11(7)15/h4-7H,1-3H3;3-6,15H,1-2H3. The van der Waals surface area contributed by atoms with Gasteiger partial charge in [-0.1, -0.05) is 0 Å². The highest BCUT2D eigenvalue weighted by Gasteiger charge is 2.31. The second-order valence-corrected chi connectivity index (χ2v) is 9.15. The molecule has 0 amide bonds. The lowest BCUT2D eigenvalue weighted by Crippen LogP contribution is -2.27. The van der Waals surface area contributed by atoms with E-state index in [1.807, 2.05) is 13.8 Å². The number of carbonyl (C=O) groups excluding carboxylic acids is 2. The first-order valence-corrected chi connectivity index (χ1v) is 10.9. The number of phenols is 1. The van der Waals surface area contributed by atoms with Crippen LogP contribution in [0.3, 0.4) is 0 Å². The number of rotatable bonds is 5. The fraction of sp³-hybridized carbons (Fsp3) is 0.280. The van der Waals surface area contributed by atoms with Gasteiger partial charge >= 0.3 is 0 Å². The minimum atomic E-state index is -0.724. The number of hydrogen-bond acceptors (Lipinski definition) is 10. The van der Waals surface area contributed by atoms with Crippen LogP contribution in [0.2, 0.25) is 0 Å². The Bertz CT molecular complexity index is 1370. The average Bonchev–Trinajstić information content (AvgIpc) is 2.81. The summed E-state index contributed by atoms with van der Waals surface area (Å²) >= 11 is 0. The van der Waals surface area contributed by atoms with Crippen LogP contribution in [0, 0.1) is 20.2 Å². The SMILES string of the molecule is CC1(C)C=Cc2c(cc([N+](=O)[O-])c(C=O)c2O)O1.COc1c2c(cc([N+](=O)[O-])c1C=O)OC(C)(C)C=C2. The molecule has 0 atom stereocenters. The summed E-state index contributed by atoms with van der Waals surface area (Å²) in [6.45, 7) is 7.22. The predicted molar refractivity (Wildman–Crippen MR) is 133 cm³/mol. The van der Waals surface area contributed by atoms with Crippen LogP contribution in [0.4, 0.5) is 11.4 Å². The lowest BCUT2D eigenvalue weighted by Gasteiger charge is -2.28. The Morgan fingerprint density at radius 1 is 0.838 bits per heavy atom. The number of carbonyl (C=O) groups is 2. The Morgan fingerprint density at radius 3 is 1.70 bits per heavy atom. The van der Waals surface area contributed by atoms with Crippen molar-refractivity contribution in [2.45, 2.75) is 38.9 Å². The van der Waals surface area contributed by atoms with Crippen molar-refractivity contribution in [2.75, 3.05) is 7.11 Å². The molecule has 0 bridgehead atoms. The van der Waals surface area contributed by atoms with Gasteiger partial charge in [-0.15, -0.1) is 0 Å². The number of aldehydes is 2. The Labute approximate surface area is 211 Å². The first-order valence-electron chi connectivity index (χ1n) is 10.9. The number of benzene rings is 2. The Kier molecular flexibility index (Phi) is 7.06. The topological polar surface area (TPSA) is 168 Å². The van der Waals surface area contributed by atoms with Gasteiger partial charge in [0.2, 0.25) is 0 Å². The van der Waals surface area contributed by atoms with Crippen LogP contribution in [-0.4, -0.2) is 45.8 Å². The second kappa shape index (κ2) is 9.72. The van der Waals surface area contributed by atoms with E-state index in [2.05, 4.69) is 0 Å². The summed E-state index contributed by atoms with van der Waals surface area (Å²) in [5.41, 5.74) is -1.57. The van der Waals surface area contributed by atoms with Crippen LogP contribution in [0.1, 0.15) is 59.5 Å². The van der Waals surface area contributed by atoms with E-state index in [-0.39, 0.29) is 40.2 Å². The van der Waals surface area contributed by atoms with Gasteiger partial charge in [0.25, 0.3) is 11.4 Å². The van der Waals surface area contributed by atoms with E-state index < -0.39 is 32.5 Å². The summed E-state index contributed by atoms with van der Waals surface area (Å²) in [7, 11) is 1.36. The summed E-state index contributed by atoms with van der Waals surface area (Å²) in [6.07, 6.45) is 7.53. The fourth-order valence-electron chi connectivity index (χ4n) is 3.76. The van der Waals surface area contributed by atoms with Crippen molar-refractivity contribution in [1.29, 1.82) is 0 Å². The van der Waals surface area contributed by atoms with Crippen molar-refractivity contribution in [3.8, 4) is 23.0 Å². The Morgan fingerprint density at radius 2 is 1.27 bits per heavy atom. The zero-order chi connectivity index (χ0) is 27.7. The molecule has 2 heterocycles. The van der Waals surface area contributed by atoms with Gasteiger partial charge in [-0.3, -0.25) is 29.8 Å². The van der Waals surface area contributed by atoms with Crippen molar-refractivity contribution < 1.29 is 38.8 Å². The molecule has 2 aliphatic heterocycles. The number of nitrogens with zero attached hydrogens (tertiary/aromatic N) is 2. The summed E-state index contributed by atoms with van der Waals surface area (Å²) in [5, 5.41) is 31.7. The molecular weight excluding hydrogens is 488 g/mol. The minimum absolute atomic E-state index is 0.0841. The first kappa shape index (κ1) is 26.9. The Hall–Kier alpha value is -4.74. The van der Waals surface area contributed by atoms with Gasteiger partial charge in [-0.25, -0.2) is 0 Å². The maximum Gasteiger partial charge on any atom is 0.287 e. The fourth-order valence-corrected chi connectivity index (χ4v) is 3.76. The van der Waals surface area contributed by atoms with Gasteiger partial charge in [-0.05, 0) is 52.0 Å². The molecule has 2 aliphatic rings. The zero-order valence-electron chi connectivity index (χ0n) is 20.6. The monoisotopic (exact) mass is 512 g/mol. The molecule has 0 aromatic heterocycles. The number of phenolic OH excluding ortho intramolecular Hbond substituents is 1. The van der Waals surface area contributed by atoms with Gasteiger partial charge in [0.15, 0.2) is 12.6 Å². The molecule has 194 valence electrons. The lowest BCUT2D eigenvalue weighted by molar-refractivity contribution is -0.385. The maximum absolute atomic E-state index is 11.1. The van der Waals surface area contributed by atoms with E-state index in [1.165, 1.54) is 13.2 Å². The Balaban J connectivity index is 0.000000206. The minimum Gasteiger partial charge on any atom is -0.506 e. The second-order valence-electron chi connectivity index (χ2n) is 9.15. The number of nitro benzene ring substituents is 2. The molecule has 1 N–H and O–H groups in total. The number of ether oxygens (including phenoxy) is 3. The molecule has 0 saturated heterocycles. The molecule has 37 heavy (non-hydrogen) atoms. The maximum atomic E-state index is 11.1. The van der Waals surface area contributed by atoms with Crippen LogP contribution in [0.15, 0.2) is 24.3 Å². The number of hydrogen-bond donors (Lipinski definition) is 1. The van der Waals surface area contributed by atoms with Gasteiger partial charge in [0.05, 0.1) is 40.2 Å². The molecule has 0 radical (unpaired) electrons. The van der Waals surface area contributed by atoms with E-state index in [9.17, 15) is 34.9 Å². The highest BCUT2D eigenvalue weighted by atomic mass is 16.6. The third-order valence-electron chi connectivity index (χ3n) is 5.50. The number of methoxy groups -OCH3 is 1. The van der Waals surface area contributed by atoms with E-state index in [4.69, 9.17) is 14.2 Å². The van der Waals surface area contributed by atoms with E-state index in [1.54, 1.807) is 38.2 Å². The number of aromatic hydroxyl groups is 1. The molecule has 0 fully saturated rings. The molecule has 2 aromatic rings. The van der Waals surface area contributed by atoms with Crippen molar-refractivity contribution in [3.63, 3.8) is 0 Å². The van der Waals surface area contributed by atoms with Crippen molar-refractivity contribution in [2.24, 2.45) is 0 Å². The van der Waals surface area contributed by atoms with Crippen LogP contribution >= 0.6 is 0 Å². The molecule has 4 rings (SSSR count). The zero-order valence-corrected chi connectivity index (χ0v) is 20.6. The highest BCUT2D eigenvalue weighted by molar-refractivity contribution is 5.91. The number of fused-ring (bicyclic) bond motifs is 2. The average molecular weight is 512 g/mol. The van der Waals surface area contributed by atoms with Crippen molar-refractivity contribution in [3.05, 3.63) is 66.8 Å². The molecule has 12 nitrogen and oxygen atoms in total. The van der Waals surface area contributed by atoms with E-state index in [0.717, 1.165) is 6.07 Å². The third-order valence-corrected chi connectivity index (χ3v) is 5.50. The van der Waals surface area contributed by atoms with Gasteiger partial charge in [-0.2, -0.15) is 0 Å². The van der Waals surface area contributed by atoms with Gasteiger partial charge in [0.1, 0.15) is 45.3 Å². The molecule has 12 heteroatoms. The summed E-state index contributed by atoms with van der Waals surface area (Å²) in [6, 6.07) is 2.41. The highest BCUT2D eigenvalue weighted by Crippen LogP contribution is 2.43. The molecular formula is C25H24N2O10. The van der Waals surface area contributed by atoms with Gasteiger partial charge in [0, 0.05) is 0 Å². The first-order chi connectivity index (χ1) is 17.2. The van der Waals surface area contributed by atoms with Crippen LogP contribution in [-0.2, 0) is 0 Å².